The van der Waals surface area contributed by atoms with Crippen LogP contribution in [0.15, 0.2) is 60.3 Å². The fourth-order valence-electron chi connectivity index (χ4n) is 2.12. The minimum atomic E-state index is -3.58. The molecule has 0 fully saturated rings. The summed E-state index contributed by atoms with van der Waals surface area (Å²) < 4.78 is 26.2. The summed E-state index contributed by atoms with van der Waals surface area (Å²) in [6.07, 6.45) is 4.91. The van der Waals surface area contributed by atoms with Crippen LogP contribution in [-0.4, -0.2) is 25.9 Å². The Labute approximate surface area is 148 Å². The maximum Gasteiger partial charge on any atom is 0.233 e. The van der Waals surface area contributed by atoms with Crippen LogP contribution in [0.4, 0.5) is 0 Å². The van der Waals surface area contributed by atoms with Crippen molar-refractivity contribution < 1.29 is 13.2 Å². The van der Waals surface area contributed by atoms with Crippen LogP contribution in [0.3, 0.4) is 0 Å². The van der Waals surface area contributed by atoms with Gasteiger partial charge in [-0.3, -0.25) is 9.78 Å². The number of amides is 1. The predicted molar refractivity (Wildman–Crippen MR) is 97.8 cm³/mol. The highest BCUT2D eigenvalue weighted by Crippen LogP contribution is 2.09. The highest BCUT2D eigenvalue weighted by atomic mass is 32.2. The lowest BCUT2D eigenvalue weighted by Crippen LogP contribution is -2.31. The van der Waals surface area contributed by atoms with Gasteiger partial charge in [-0.05, 0) is 30.2 Å². The van der Waals surface area contributed by atoms with Crippen LogP contribution in [0, 0.1) is 0 Å². The molecule has 0 aliphatic carbocycles. The molecular formula is C18H21N3O3S. The van der Waals surface area contributed by atoms with E-state index in [-0.39, 0.29) is 24.9 Å². The number of aromatic nitrogens is 1. The smallest absolute Gasteiger partial charge is 0.233 e. The summed E-state index contributed by atoms with van der Waals surface area (Å²) in [6.45, 7) is 1.88. The Hall–Kier alpha value is -2.51. The topological polar surface area (TPSA) is 88.2 Å². The van der Waals surface area contributed by atoms with Gasteiger partial charge in [-0.2, -0.15) is 0 Å². The first-order chi connectivity index (χ1) is 12.0. The Kier molecular flexibility index (Phi) is 6.85. The van der Waals surface area contributed by atoms with Crippen LogP contribution in [0.2, 0.25) is 0 Å². The monoisotopic (exact) mass is 359 g/mol. The average molecular weight is 359 g/mol. The van der Waals surface area contributed by atoms with Crippen LogP contribution in [0.1, 0.15) is 30.5 Å². The largest absolute Gasteiger partial charge is 0.349 e. The maximum absolute atomic E-state index is 11.9. The lowest BCUT2D eigenvalue weighted by Gasteiger charge is -2.13. The molecule has 1 atom stereocenters. The van der Waals surface area contributed by atoms with Gasteiger partial charge in [0.15, 0.2) is 0 Å². The highest BCUT2D eigenvalue weighted by Gasteiger charge is 2.11. The van der Waals surface area contributed by atoms with Crippen LogP contribution >= 0.6 is 0 Å². The molecule has 7 heteroatoms. The molecule has 0 aliphatic rings. The second kappa shape index (κ2) is 9.10. The fourth-order valence-corrected chi connectivity index (χ4v) is 2.94. The fraction of sp³-hybridized carbons (Fsp3) is 0.222. The minimum absolute atomic E-state index is 0.0348. The number of pyridine rings is 1. The van der Waals surface area contributed by atoms with Gasteiger partial charge in [0.05, 0.1) is 6.04 Å². The molecule has 0 saturated carbocycles. The van der Waals surface area contributed by atoms with Gasteiger partial charge in [0.25, 0.3) is 0 Å². The number of carbonyl (C=O) groups is 1. The molecule has 25 heavy (non-hydrogen) atoms. The van der Waals surface area contributed by atoms with Crippen LogP contribution < -0.4 is 10.0 Å². The summed E-state index contributed by atoms with van der Waals surface area (Å²) >= 11 is 0. The molecular weight excluding hydrogens is 338 g/mol. The molecule has 6 nitrogen and oxygen atoms in total. The second-order valence-electron chi connectivity index (χ2n) is 5.48. The van der Waals surface area contributed by atoms with E-state index in [1.807, 2.05) is 31.2 Å². The molecule has 0 bridgehead atoms. The Morgan fingerprint density at radius 3 is 2.64 bits per heavy atom. The quantitative estimate of drug-likeness (QED) is 0.757. The van der Waals surface area contributed by atoms with Gasteiger partial charge in [-0.25, -0.2) is 13.1 Å². The molecule has 0 saturated heterocycles. The molecule has 0 radical (unpaired) electrons. The Morgan fingerprint density at radius 2 is 1.96 bits per heavy atom. The van der Waals surface area contributed by atoms with Gasteiger partial charge in [-0.1, -0.05) is 36.4 Å². The third-order valence-electron chi connectivity index (χ3n) is 3.46. The third kappa shape index (κ3) is 6.86. The van der Waals surface area contributed by atoms with E-state index in [1.165, 1.54) is 6.08 Å². The number of carbonyl (C=O) groups excluding carboxylic acids is 1. The number of hydrogen-bond donors (Lipinski definition) is 2. The Bertz CT molecular complexity index is 806. The highest BCUT2D eigenvalue weighted by molar-refractivity contribution is 7.92. The third-order valence-corrected chi connectivity index (χ3v) is 4.56. The predicted octanol–water partition coefficient (Wildman–Crippen LogP) is 2.24. The van der Waals surface area contributed by atoms with Gasteiger partial charge < -0.3 is 5.32 Å². The summed E-state index contributed by atoms with van der Waals surface area (Å²) in [6, 6.07) is 12.6. The van der Waals surface area contributed by atoms with Crippen molar-refractivity contribution in [1.82, 2.24) is 15.0 Å². The molecule has 2 N–H and O–H groups in total. The number of rotatable bonds is 8. The number of benzene rings is 1. The van der Waals surface area contributed by atoms with Crippen LogP contribution in [0.25, 0.3) is 6.08 Å². The molecule has 0 unspecified atom stereocenters. The summed E-state index contributed by atoms with van der Waals surface area (Å²) in [5.74, 6) is -0.230. The molecule has 2 aromatic rings. The summed E-state index contributed by atoms with van der Waals surface area (Å²) in [5.41, 5.74) is 1.68. The van der Waals surface area contributed by atoms with Gasteiger partial charge in [-0.15, -0.1) is 0 Å². The number of sulfonamides is 1. The minimum Gasteiger partial charge on any atom is -0.349 e. The molecule has 1 aromatic heterocycles. The van der Waals surface area contributed by atoms with E-state index >= 15 is 0 Å². The first kappa shape index (κ1) is 18.8. The van der Waals surface area contributed by atoms with Gasteiger partial charge in [0.2, 0.25) is 15.9 Å². The van der Waals surface area contributed by atoms with E-state index in [4.69, 9.17) is 0 Å². The SMILES string of the molecule is C[C@H](NC(=O)CCNS(=O)(=O)/C=C/c1ccccc1)c1cccnc1. The van der Waals surface area contributed by atoms with Crippen LogP contribution in [0.5, 0.6) is 0 Å². The average Bonchev–Trinajstić information content (AvgIpc) is 2.61. The van der Waals surface area contributed by atoms with Crippen molar-refractivity contribution in [2.45, 2.75) is 19.4 Å². The first-order valence-electron chi connectivity index (χ1n) is 7.88. The van der Waals surface area contributed by atoms with E-state index in [1.54, 1.807) is 30.6 Å². The lowest BCUT2D eigenvalue weighted by molar-refractivity contribution is -0.121. The second-order valence-corrected chi connectivity index (χ2v) is 7.13. The summed E-state index contributed by atoms with van der Waals surface area (Å²) in [7, 11) is -3.58. The zero-order valence-electron chi connectivity index (χ0n) is 13.9. The van der Waals surface area contributed by atoms with E-state index in [2.05, 4.69) is 15.0 Å². The van der Waals surface area contributed by atoms with Crippen LogP contribution in [-0.2, 0) is 14.8 Å². The van der Waals surface area contributed by atoms with Crippen molar-refractivity contribution in [2.75, 3.05) is 6.54 Å². The van der Waals surface area contributed by atoms with Crippen molar-refractivity contribution in [3.8, 4) is 0 Å². The zero-order chi connectivity index (χ0) is 18.1. The Balaban J connectivity index is 1.77. The van der Waals surface area contributed by atoms with E-state index in [9.17, 15) is 13.2 Å². The van der Waals surface area contributed by atoms with Crippen molar-refractivity contribution in [2.24, 2.45) is 0 Å². The maximum atomic E-state index is 11.9. The molecule has 0 spiro atoms. The van der Waals surface area contributed by atoms with Gasteiger partial charge in [0, 0.05) is 30.8 Å². The molecule has 1 heterocycles. The molecule has 1 aromatic carbocycles. The zero-order valence-corrected chi connectivity index (χ0v) is 14.7. The van der Waals surface area contributed by atoms with Crippen molar-refractivity contribution in [3.63, 3.8) is 0 Å². The molecule has 1 amide bonds. The number of nitrogens with one attached hydrogen (secondary N) is 2. The van der Waals surface area contributed by atoms with E-state index in [0.29, 0.717) is 0 Å². The number of nitrogens with zero attached hydrogens (tertiary/aromatic N) is 1. The standard InChI is InChI=1S/C18H21N3O3S/c1-15(17-8-5-11-19-14-17)21-18(22)9-12-20-25(23,24)13-10-16-6-3-2-4-7-16/h2-8,10-11,13-15,20H,9,12H2,1H3,(H,21,22)/b13-10+/t15-/m0/s1. The van der Waals surface area contributed by atoms with Gasteiger partial charge in [0.1, 0.15) is 0 Å². The Morgan fingerprint density at radius 1 is 1.20 bits per heavy atom. The van der Waals surface area contributed by atoms with Crippen molar-refractivity contribution in [1.29, 1.82) is 0 Å². The first-order valence-corrected chi connectivity index (χ1v) is 9.43. The summed E-state index contributed by atoms with van der Waals surface area (Å²) in [5, 5.41) is 3.90. The normalized spacial score (nSPS) is 12.8. The van der Waals surface area contributed by atoms with Crippen molar-refractivity contribution >= 4 is 22.0 Å². The van der Waals surface area contributed by atoms with Crippen molar-refractivity contribution in [3.05, 3.63) is 71.4 Å². The number of hydrogen-bond acceptors (Lipinski definition) is 4. The molecule has 0 aliphatic heterocycles. The van der Waals surface area contributed by atoms with E-state index in [0.717, 1.165) is 16.5 Å². The molecule has 2 rings (SSSR count). The molecule has 132 valence electrons. The summed E-state index contributed by atoms with van der Waals surface area (Å²) in [4.78, 5) is 15.9. The van der Waals surface area contributed by atoms with Gasteiger partial charge >= 0.3 is 0 Å². The lowest BCUT2D eigenvalue weighted by atomic mass is 10.1. The van der Waals surface area contributed by atoms with E-state index < -0.39 is 10.0 Å².